The molecule has 0 radical (unpaired) electrons. The number of benzene rings is 1. The smallest absolute Gasteiger partial charge is 0.223 e. The van der Waals surface area contributed by atoms with E-state index in [1.165, 1.54) is 5.52 Å². The highest BCUT2D eigenvalue weighted by atomic mass is 16.2. The van der Waals surface area contributed by atoms with E-state index in [0.717, 1.165) is 50.2 Å². The van der Waals surface area contributed by atoms with Crippen molar-refractivity contribution >= 4 is 16.9 Å². The van der Waals surface area contributed by atoms with Crippen LogP contribution in [0.1, 0.15) is 58.2 Å². The van der Waals surface area contributed by atoms with Crippen LogP contribution in [0.25, 0.3) is 11.0 Å². The molecule has 0 aliphatic carbocycles. The van der Waals surface area contributed by atoms with Gasteiger partial charge in [0.2, 0.25) is 5.91 Å². The topological polar surface area (TPSA) is 38.1 Å². The molecule has 1 fully saturated rings. The molecule has 0 saturated carbocycles. The van der Waals surface area contributed by atoms with Crippen molar-refractivity contribution in [2.75, 3.05) is 13.1 Å². The van der Waals surface area contributed by atoms with Crippen LogP contribution in [0.5, 0.6) is 0 Å². The third kappa shape index (κ3) is 3.47. The van der Waals surface area contributed by atoms with Gasteiger partial charge in [0.05, 0.1) is 11.0 Å². The molecular formula is C20H29N3O. The number of hydrogen-bond donors (Lipinski definition) is 0. The van der Waals surface area contributed by atoms with Gasteiger partial charge in [0, 0.05) is 32.0 Å². The first-order valence-electron chi connectivity index (χ1n) is 9.33. The Balaban J connectivity index is 1.88. The average molecular weight is 327 g/mol. The fourth-order valence-electron chi connectivity index (χ4n) is 3.54. The van der Waals surface area contributed by atoms with Crippen molar-refractivity contribution in [3.63, 3.8) is 0 Å². The number of para-hydroxylation sites is 2. The number of carbonyl (C=O) groups excluding carboxylic acids is 1. The Kier molecular flexibility index (Phi) is 5.22. The largest absolute Gasteiger partial charge is 0.342 e. The first-order valence-corrected chi connectivity index (χ1v) is 9.33. The summed E-state index contributed by atoms with van der Waals surface area (Å²) in [4.78, 5) is 19.3. The van der Waals surface area contributed by atoms with Gasteiger partial charge in [-0.2, -0.15) is 0 Å². The molecule has 1 aliphatic heterocycles. The fourth-order valence-corrected chi connectivity index (χ4v) is 3.54. The predicted octanol–water partition coefficient (Wildman–Crippen LogP) is 4.20. The summed E-state index contributed by atoms with van der Waals surface area (Å²) in [6, 6.07) is 8.35. The molecule has 1 amide bonds. The highest BCUT2D eigenvalue weighted by Crippen LogP contribution is 2.31. The number of fused-ring (bicyclic) bond motifs is 1. The lowest BCUT2D eigenvalue weighted by atomic mass is 10.1. The summed E-state index contributed by atoms with van der Waals surface area (Å²) in [5, 5.41) is 0. The molecule has 0 unspecified atom stereocenters. The van der Waals surface area contributed by atoms with Crippen molar-refractivity contribution in [3.05, 3.63) is 30.1 Å². The summed E-state index contributed by atoms with van der Waals surface area (Å²) in [6.45, 7) is 9.37. The van der Waals surface area contributed by atoms with Crippen molar-refractivity contribution in [2.45, 2.75) is 58.9 Å². The minimum Gasteiger partial charge on any atom is -0.342 e. The van der Waals surface area contributed by atoms with E-state index in [2.05, 4.69) is 43.5 Å². The zero-order chi connectivity index (χ0) is 17.1. The molecular weight excluding hydrogens is 298 g/mol. The van der Waals surface area contributed by atoms with Crippen LogP contribution in [-0.2, 0) is 11.3 Å². The quantitative estimate of drug-likeness (QED) is 0.764. The van der Waals surface area contributed by atoms with Crippen LogP contribution in [0.4, 0.5) is 0 Å². The summed E-state index contributed by atoms with van der Waals surface area (Å²) in [7, 11) is 0. The molecule has 1 saturated heterocycles. The van der Waals surface area contributed by atoms with Crippen LogP contribution in [0.15, 0.2) is 24.3 Å². The first-order chi connectivity index (χ1) is 11.6. The van der Waals surface area contributed by atoms with Gasteiger partial charge in [0.1, 0.15) is 5.82 Å². The van der Waals surface area contributed by atoms with Gasteiger partial charge in [0.25, 0.3) is 0 Å². The second-order valence-corrected chi connectivity index (χ2v) is 7.39. The molecule has 1 aromatic carbocycles. The molecule has 1 aromatic heterocycles. The highest BCUT2D eigenvalue weighted by molar-refractivity contribution is 5.80. The predicted molar refractivity (Wildman–Crippen MR) is 98.0 cm³/mol. The normalized spacial score (nSPS) is 18.2. The Hall–Kier alpha value is -1.84. The standard InChI is InChI=1S/C20H29N3O/c1-4-5-11-22-14-16(13-19(22)24)20-21-17-8-6-7-9-18(17)23(20)12-10-15(2)3/h6-9,15-16H,4-5,10-14H2,1-3H3/t16-/m1/s1. The highest BCUT2D eigenvalue weighted by Gasteiger charge is 2.33. The third-order valence-electron chi connectivity index (χ3n) is 4.98. The summed E-state index contributed by atoms with van der Waals surface area (Å²) in [5.41, 5.74) is 2.25. The number of aryl methyl sites for hydroxylation is 1. The van der Waals surface area contributed by atoms with Gasteiger partial charge in [-0.25, -0.2) is 4.98 Å². The fraction of sp³-hybridized carbons (Fsp3) is 0.600. The van der Waals surface area contributed by atoms with E-state index in [1.54, 1.807) is 0 Å². The van der Waals surface area contributed by atoms with Gasteiger partial charge in [-0.1, -0.05) is 39.3 Å². The molecule has 2 heterocycles. The molecule has 24 heavy (non-hydrogen) atoms. The lowest BCUT2D eigenvalue weighted by molar-refractivity contribution is -0.127. The van der Waals surface area contributed by atoms with Crippen molar-refractivity contribution < 1.29 is 4.79 Å². The van der Waals surface area contributed by atoms with Gasteiger partial charge in [-0.15, -0.1) is 0 Å². The van der Waals surface area contributed by atoms with E-state index in [0.29, 0.717) is 12.3 Å². The minimum atomic E-state index is 0.230. The summed E-state index contributed by atoms with van der Waals surface area (Å²) < 4.78 is 2.36. The molecule has 2 aromatic rings. The molecule has 0 N–H and O–H groups in total. The van der Waals surface area contributed by atoms with Crippen LogP contribution >= 0.6 is 0 Å². The number of nitrogens with zero attached hydrogens (tertiary/aromatic N) is 3. The van der Waals surface area contributed by atoms with Crippen LogP contribution in [-0.4, -0.2) is 33.4 Å². The van der Waals surface area contributed by atoms with E-state index < -0.39 is 0 Å². The van der Waals surface area contributed by atoms with Crippen LogP contribution in [0.3, 0.4) is 0 Å². The van der Waals surface area contributed by atoms with Crippen LogP contribution in [0, 0.1) is 5.92 Å². The number of imidazole rings is 1. The first kappa shape index (κ1) is 17.0. The maximum Gasteiger partial charge on any atom is 0.223 e. The SMILES string of the molecule is CCCCN1C[C@H](c2nc3ccccc3n2CCC(C)C)CC1=O. The second kappa shape index (κ2) is 7.37. The van der Waals surface area contributed by atoms with Gasteiger partial charge in [-0.3, -0.25) is 4.79 Å². The summed E-state index contributed by atoms with van der Waals surface area (Å²) in [6.07, 6.45) is 3.95. The van der Waals surface area contributed by atoms with Crippen molar-refractivity contribution in [2.24, 2.45) is 5.92 Å². The van der Waals surface area contributed by atoms with E-state index in [9.17, 15) is 4.79 Å². The van der Waals surface area contributed by atoms with Crippen molar-refractivity contribution in [1.82, 2.24) is 14.5 Å². The van der Waals surface area contributed by atoms with Crippen molar-refractivity contribution in [3.8, 4) is 0 Å². The van der Waals surface area contributed by atoms with E-state index in [4.69, 9.17) is 4.98 Å². The Bertz CT molecular complexity index is 704. The molecule has 0 bridgehead atoms. The summed E-state index contributed by atoms with van der Waals surface area (Å²) >= 11 is 0. The maximum absolute atomic E-state index is 12.3. The zero-order valence-corrected chi connectivity index (χ0v) is 15.2. The lowest BCUT2D eigenvalue weighted by Gasteiger charge is -2.17. The van der Waals surface area contributed by atoms with Crippen molar-refractivity contribution in [1.29, 1.82) is 0 Å². The Morgan fingerprint density at radius 1 is 1.25 bits per heavy atom. The number of rotatable bonds is 7. The number of likely N-dealkylation sites (tertiary alicyclic amines) is 1. The molecule has 0 spiro atoms. The molecule has 4 heteroatoms. The maximum atomic E-state index is 12.3. The lowest BCUT2D eigenvalue weighted by Crippen LogP contribution is -2.26. The second-order valence-electron chi connectivity index (χ2n) is 7.39. The molecule has 4 nitrogen and oxygen atoms in total. The van der Waals surface area contributed by atoms with E-state index >= 15 is 0 Å². The van der Waals surface area contributed by atoms with Gasteiger partial charge in [-0.05, 0) is 30.9 Å². The van der Waals surface area contributed by atoms with Gasteiger partial charge in [0.15, 0.2) is 0 Å². The molecule has 3 rings (SSSR count). The number of amides is 1. The molecule has 130 valence electrons. The Morgan fingerprint density at radius 2 is 2.04 bits per heavy atom. The Labute approximate surface area is 144 Å². The average Bonchev–Trinajstić information content (AvgIpc) is 3.11. The van der Waals surface area contributed by atoms with Crippen LogP contribution < -0.4 is 0 Å². The van der Waals surface area contributed by atoms with E-state index in [-0.39, 0.29) is 11.8 Å². The monoisotopic (exact) mass is 327 g/mol. The molecule has 1 aliphatic rings. The number of carbonyl (C=O) groups is 1. The third-order valence-corrected chi connectivity index (χ3v) is 4.98. The molecule has 1 atom stereocenters. The Morgan fingerprint density at radius 3 is 2.79 bits per heavy atom. The van der Waals surface area contributed by atoms with Gasteiger partial charge >= 0.3 is 0 Å². The van der Waals surface area contributed by atoms with Crippen LogP contribution in [0.2, 0.25) is 0 Å². The van der Waals surface area contributed by atoms with Gasteiger partial charge < -0.3 is 9.47 Å². The minimum absolute atomic E-state index is 0.230. The number of hydrogen-bond acceptors (Lipinski definition) is 2. The zero-order valence-electron chi connectivity index (χ0n) is 15.2. The number of aromatic nitrogens is 2. The number of unbranched alkanes of at least 4 members (excludes halogenated alkanes) is 1. The van der Waals surface area contributed by atoms with E-state index in [1.807, 2.05) is 11.0 Å². The summed E-state index contributed by atoms with van der Waals surface area (Å²) in [5.74, 6) is 2.28.